The molecule has 31 heavy (non-hydrogen) atoms. The van der Waals surface area contributed by atoms with Crippen molar-refractivity contribution in [2.24, 2.45) is 5.92 Å². The molecule has 1 aliphatic rings. The summed E-state index contributed by atoms with van der Waals surface area (Å²) >= 11 is 7.70. The molecule has 4 rings (SSSR count). The number of benzene rings is 1. The Morgan fingerprint density at radius 3 is 2.77 bits per heavy atom. The first-order chi connectivity index (χ1) is 14.9. The predicted molar refractivity (Wildman–Crippen MR) is 124 cm³/mol. The summed E-state index contributed by atoms with van der Waals surface area (Å²) in [6.45, 7) is 3.82. The van der Waals surface area contributed by atoms with Crippen molar-refractivity contribution in [2.75, 3.05) is 5.32 Å². The van der Waals surface area contributed by atoms with Crippen molar-refractivity contribution in [3.63, 3.8) is 0 Å². The second kappa shape index (κ2) is 9.05. The van der Waals surface area contributed by atoms with Crippen molar-refractivity contribution in [1.82, 2.24) is 20.4 Å². The van der Waals surface area contributed by atoms with Gasteiger partial charge in [-0.3, -0.25) is 14.9 Å². The number of hydrogen-bond acceptors (Lipinski definition) is 5. The van der Waals surface area contributed by atoms with Crippen LogP contribution >= 0.6 is 22.9 Å². The number of aromatic nitrogens is 2. The van der Waals surface area contributed by atoms with Crippen LogP contribution in [0.15, 0.2) is 53.9 Å². The van der Waals surface area contributed by atoms with E-state index in [1.165, 1.54) is 6.08 Å². The van der Waals surface area contributed by atoms with E-state index in [0.717, 1.165) is 10.4 Å². The van der Waals surface area contributed by atoms with Crippen molar-refractivity contribution < 1.29 is 9.59 Å². The fraction of sp³-hybridized carbons (Fsp3) is 0.227. The molecular formula is C22H22ClN5O2S. The molecule has 0 spiro atoms. The zero-order chi connectivity index (χ0) is 22.0. The van der Waals surface area contributed by atoms with Gasteiger partial charge < -0.3 is 10.6 Å². The molecule has 9 heteroatoms. The minimum absolute atomic E-state index is 0.0446. The third-order valence-electron chi connectivity index (χ3n) is 5.19. The van der Waals surface area contributed by atoms with E-state index in [1.807, 2.05) is 49.6 Å². The van der Waals surface area contributed by atoms with Gasteiger partial charge in [-0.1, -0.05) is 42.8 Å². The third kappa shape index (κ3) is 4.71. The minimum Gasteiger partial charge on any atom is -0.322 e. The molecule has 0 saturated carbocycles. The van der Waals surface area contributed by atoms with E-state index >= 15 is 0 Å². The van der Waals surface area contributed by atoms with Crippen LogP contribution in [0.25, 0.3) is 16.6 Å². The highest BCUT2D eigenvalue weighted by atomic mass is 35.5. The summed E-state index contributed by atoms with van der Waals surface area (Å²) in [4.78, 5) is 25.9. The highest BCUT2D eigenvalue weighted by Gasteiger charge is 2.32. The Bertz CT molecular complexity index is 1120. The lowest BCUT2D eigenvalue weighted by Crippen LogP contribution is -2.57. The molecule has 3 N–H and O–H groups in total. The van der Waals surface area contributed by atoms with Crippen molar-refractivity contribution in [3.05, 3.63) is 64.5 Å². The van der Waals surface area contributed by atoms with Gasteiger partial charge in [-0.25, -0.2) is 4.68 Å². The minimum atomic E-state index is -0.574. The molecule has 3 atom stereocenters. The number of thiophene rings is 1. The Labute approximate surface area is 189 Å². The molecular weight excluding hydrogens is 434 g/mol. The lowest BCUT2D eigenvalue weighted by Gasteiger charge is -2.34. The van der Waals surface area contributed by atoms with Gasteiger partial charge in [-0.15, -0.1) is 11.3 Å². The molecule has 2 aromatic heterocycles. The van der Waals surface area contributed by atoms with Gasteiger partial charge in [0.2, 0.25) is 11.8 Å². The first-order valence-corrected chi connectivity index (χ1v) is 11.1. The Morgan fingerprint density at radius 2 is 2.06 bits per heavy atom. The number of halogens is 1. The molecule has 1 aliphatic heterocycles. The topological polar surface area (TPSA) is 88.1 Å². The first kappa shape index (κ1) is 21.3. The van der Waals surface area contributed by atoms with E-state index in [-0.39, 0.29) is 23.8 Å². The number of nitrogens with zero attached hydrogens (tertiary/aromatic N) is 2. The molecule has 3 aromatic rings. The van der Waals surface area contributed by atoms with Gasteiger partial charge >= 0.3 is 0 Å². The molecule has 1 saturated heterocycles. The fourth-order valence-corrected chi connectivity index (χ4v) is 4.11. The molecule has 7 nitrogen and oxygen atoms in total. The summed E-state index contributed by atoms with van der Waals surface area (Å²) in [6, 6.07) is 12.9. The summed E-state index contributed by atoms with van der Waals surface area (Å²) in [5, 5.41) is 16.3. The van der Waals surface area contributed by atoms with Gasteiger partial charge in [-0.05, 0) is 36.1 Å². The van der Waals surface area contributed by atoms with Crippen LogP contribution in [0.1, 0.15) is 25.7 Å². The van der Waals surface area contributed by atoms with Crippen LogP contribution in [-0.4, -0.2) is 27.6 Å². The van der Waals surface area contributed by atoms with Gasteiger partial charge in [0.1, 0.15) is 11.5 Å². The molecule has 1 aromatic carbocycles. The lowest BCUT2D eigenvalue weighted by atomic mass is 10.0. The largest absolute Gasteiger partial charge is 0.322 e. The van der Waals surface area contributed by atoms with E-state index in [0.29, 0.717) is 16.5 Å². The summed E-state index contributed by atoms with van der Waals surface area (Å²) < 4.78 is 1.59. The van der Waals surface area contributed by atoms with E-state index < -0.39 is 6.29 Å². The monoisotopic (exact) mass is 455 g/mol. The maximum Gasteiger partial charge on any atom is 0.249 e. The normalized spacial score (nSPS) is 21.3. The highest BCUT2D eigenvalue weighted by Crippen LogP contribution is 2.28. The summed E-state index contributed by atoms with van der Waals surface area (Å²) in [6.07, 6.45) is 2.50. The second-order valence-electron chi connectivity index (χ2n) is 7.34. The molecule has 3 unspecified atom stereocenters. The summed E-state index contributed by atoms with van der Waals surface area (Å²) in [5.74, 6) is -0.0976. The van der Waals surface area contributed by atoms with Gasteiger partial charge in [0.25, 0.3) is 0 Å². The van der Waals surface area contributed by atoms with Gasteiger partial charge in [0.05, 0.1) is 10.8 Å². The molecule has 0 aliphatic carbocycles. The van der Waals surface area contributed by atoms with Crippen LogP contribution < -0.4 is 16.0 Å². The van der Waals surface area contributed by atoms with Crippen LogP contribution in [0.4, 0.5) is 5.82 Å². The molecule has 1 fully saturated rings. The maximum atomic E-state index is 12.6. The zero-order valence-corrected chi connectivity index (χ0v) is 18.6. The molecule has 0 bridgehead atoms. The van der Waals surface area contributed by atoms with Gasteiger partial charge in [0.15, 0.2) is 6.29 Å². The number of rotatable bonds is 5. The Hall–Kier alpha value is -2.94. The van der Waals surface area contributed by atoms with E-state index in [2.05, 4.69) is 21.0 Å². The van der Waals surface area contributed by atoms with Crippen LogP contribution in [0.2, 0.25) is 5.02 Å². The van der Waals surface area contributed by atoms with E-state index in [4.69, 9.17) is 11.6 Å². The zero-order valence-electron chi connectivity index (χ0n) is 17.0. The quantitative estimate of drug-likeness (QED) is 0.505. The van der Waals surface area contributed by atoms with Crippen LogP contribution in [0.5, 0.6) is 0 Å². The Kier molecular flexibility index (Phi) is 6.22. The SMILES string of the molecule is CC1NC(n2nc(-c3cccs3)cc2NC(=O)/C=C/c2ccccc2Cl)NC(=O)C1C. The number of carbonyl (C=O) groups excluding carboxylic acids is 2. The fourth-order valence-electron chi connectivity index (χ4n) is 3.23. The number of carbonyl (C=O) groups is 2. The highest BCUT2D eigenvalue weighted by molar-refractivity contribution is 7.13. The van der Waals surface area contributed by atoms with Gasteiger partial charge in [0, 0.05) is 23.2 Å². The summed E-state index contributed by atoms with van der Waals surface area (Å²) in [5.41, 5.74) is 1.46. The molecule has 0 radical (unpaired) electrons. The smallest absolute Gasteiger partial charge is 0.249 e. The second-order valence-corrected chi connectivity index (χ2v) is 8.69. The van der Waals surface area contributed by atoms with Crippen molar-refractivity contribution in [3.8, 4) is 10.6 Å². The molecule has 160 valence electrons. The lowest BCUT2D eigenvalue weighted by molar-refractivity contribution is -0.130. The van der Waals surface area contributed by atoms with E-state index in [9.17, 15) is 9.59 Å². The maximum absolute atomic E-state index is 12.6. The van der Waals surface area contributed by atoms with Crippen molar-refractivity contribution in [1.29, 1.82) is 0 Å². The van der Waals surface area contributed by atoms with Crippen LogP contribution in [0, 0.1) is 5.92 Å². The number of nitrogens with one attached hydrogen (secondary N) is 3. The first-order valence-electron chi connectivity index (χ1n) is 9.86. The number of anilines is 1. The Morgan fingerprint density at radius 1 is 1.26 bits per heavy atom. The van der Waals surface area contributed by atoms with E-state index in [1.54, 1.807) is 34.2 Å². The van der Waals surface area contributed by atoms with Crippen LogP contribution in [-0.2, 0) is 9.59 Å². The van der Waals surface area contributed by atoms with Gasteiger partial charge in [-0.2, -0.15) is 5.10 Å². The Balaban J connectivity index is 1.60. The average molecular weight is 456 g/mol. The van der Waals surface area contributed by atoms with Crippen molar-refractivity contribution >= 4 is 46.6 Å². The average Bonchev–Trinajstić information content (AvgIpc) is 3.41. The third-order valence-corrected chi connectivity index (χ3v) is 6.42. The summed E-state index contributed by atoms with van der Waals surface area (Å²) in [7, 11) is 0. The molecule has 2 amide bonds. The standard InChI is InChI=1S/C22H22ClN5O2S/c1-13-14(2)24-22(26-21(13)30)28-19(12-17(27-28)18-8-5-11-31-18)25-20(29)10-9-15-6-3-4-7-16(15)23/h3-14,22,24H,1-2H3,(H,25,29)(H,26,30)/b10-9+. The molecule has 3 heterocycles. The van der Waals surface area contributed by atoms with Crippen molar-refractivity contribution in [2.45, 2.75) is 26.2 Å². The number of amides is 2. The van der Waals surface area contributed by atoms with Crippen LogP contribution in [0.3, 0.4) is 0 Å². The predicted octanol–water partition coefficient (Wildman–Crippen LogP) is 4.12. The number of hydrogen-bond donors (Lipinski definition) is 3.